The first-order valence-electron chi connectivity index (χ1n) is 13.0. The van der Waals surface area contributed by atoms with E-state index in [1.54, 1.807) is 21.6 Å². The van der Waals surface area contributed by atoms with Crippen LogP contribution in [-0.2, 0) is 5.41 Å². The lowest BCUT2D eigenvalue weighted by Crippen LogP contribution is -2.42. The first-order chi connectivity index (χ1) is 17.1. The molecule has 2 unspecified atom stereocenters. The largest absolute Gasteiger partial charge is 0.141 e. The highest BCUT2D eigenvalue weighted by atomic mass is 32.2. The molecule has 0 bridgehead atoms. The second-order valence-electron chi connectivity index (χ2n) is 11.8. The molecule has 183 valence electrons. The number of hydrogen-bond acceptors (Lipinski definition) is 2. The number of allylic oxidation sites excluding steroid dienone is 3. The fraction of sp³-hybridized carbons (Fsp3) is 0.333. The number of benzene rings is 2. The Morgan fingerprint density at radius 1 is 0.889 bits per heavy atom. The van der Waals surface area contributed by atoms with Crippen molar-refractivity contribution < 1.29 is 0 Å². The Bertz CT molecular complexity index is 1590. The van der Waals surface area contributed by atoms with Crippen molar-refractivity contribution in [2.24, 2.45) is 0 Å². The highest BCUT2D eigenvalue weighted by Crippen LogP contribution is 2.55. The van der Waals surface area contributed by atoms with Crippen LogP contribution in [0.4, 0.5) is 0 Å². The van der Waals surface area contributed by atoms with Gasteiger partial charge in [0.05, 0.1) is 14.0 Å². The van der Waals surface area contributed by atoms with Crippen molar-refractivity contribution in [3.8, 4) is 11.1 Å². The summed E-state index contributed by atoms with van der Waals surface area (Å²) in [6.07, 6.45) is 5.03. The van der Waals surface area contributed by atoms with Gasteiger partial charge in [0.15, 0.2) is 0 Å². The molecule has 3 aromatic rings. The van der Waals surface area contributed by atoms with Gasteiger partial charge in [0.25, 0.3) is 0 Å². The van der Waals surface area contributed by atoms with E-state index in [2.05, 4.69) is 121 Å². The van der Waals surface area contributed by atoms with Gasteiger partial charge in [-0.15, -0.1) is 23.1 Å². The summed E-state index contributed by atoms with van der Waals surface area (Å²) in [5.74, 6) is 0.359. The van der Waals surface area contributed by atoms with Crippen LogP contribution in [0.2, 0.25) is 13.1 Å². The van der Waals surface area contributed by atoms with E-state index in [0.29, 0.717) is 11.2 Å². The van der Waals surface area contributed by atoms with Crippen molar-refractivity contribution in [3.05, 3.63) is 89.8 Å². The summed E-state index contributed by atoms with van der Waals surface area (Å²) in [5.41, 5.74) is 11.8. The molecule has 2 aliphatic carbocycles. The standard InChI is InChI=1S/C33H35S2Si/c1-18-16-25-23(21-12-14-22(15-13-21)33(4,5)6)10-9-11-24(25)28(18)29-19(2)34-26-17-27-31(30(26)29)32(36(7)8)20(3)35-27/h9-17,26,28H,1-8H3. The molecule has 2 heterocycles. The van der Waals surface area contributed by atoms with Gasteiger partial charge in [0.2, 0.25) is 0 Å². The van der Waals surface area contributed by atoms with Gasteiger partial charge in [-0.1, -0.05) is 88.0 Å². The van der Waals surface area contributed by atoms with Gasteiger partial charge in [-0.25, -0.2) is 0 Å². The van der Waals surface area contributed by atoms with Crippen LogP contribution < -0.4 is 14.9 Å². The van der Waals surface area contributed by atoms with Crippen LogP contribution in [0.15, 0.2) is 58.5 Å². The zero-order valence-corrected chi connectivity index (χ0v) is 25.3. The van der Waals surface area contributed by atoms with Gasteiger partial charge in [0, 0.05) is 15.3 Å². The van der Waals surface area contributed by atoms with Crippen molar-refractivity contribution in [1.29, 1.82) is 0 Å². The molecule has 2 atom stereocenters. The topological polar surface area (TPSA) is 0 Å². The highest BCUT2D eigenvalue weighted by Gasteiger charge is 2.39. The molecule has 0 spiro atoms. The Hall–Kier alpha value is -2.07. The number of thioether (sulfide) groups is 1. The van der Waals surface area contributed by atoms with Crippen molar-refractivity contribution in [2.45, 2.75) is 71.2 Å². The second-order valence-corrected chi connectivity index (χ2v) is 16.9. The van der Waals surface area contributed by atoms with Crippen LogP contribution >= 0.6 is 23.1 Å². The van der Waals surface area contributed by atoms with Gasteiger partial charge in [0.1, 0.15) is 0 Å². The van der Waals surface area contributed by atoms with E-state index >= 15 is 0 Å². The van der Waals surface area contributed by atoms with Gasteiger partial charge in [-0.05, 0) is 86.5 Å². The first-order valence-corrected chi connectivity index (χ1v) is 17.2. The third-order valence-corrected chi connectivity index (χ3v) is 12.1. The molecular formula is C33H35S2Si. The van der Waals surface area contributed by atoms with E-state index < -0.39 is 8.80 Å². The second kappa shape index (κ2) is 8.48. The Morgan fingerprint density at radius 3 is 2.28 bits per heavy atom. The third kappa shape index (κ3) is 3.61. The molecular weight excluding hydrogens is 489 g/mol. The van der Waals surface area contributed by atoms with Crippen LogP contribution in [0.5, 0.6) is 0 Å². The summed E-state index contributed by atoms with van der Waals surface area (Å²) in [5, 5.41) is 3.77. The molecule has 0 nitrogen and oxygen atoms in total. The maximum absolute atomic E-state index is 2.56. The molecule has 0 amide bonds. The summed E-state index contributed by atoms with van der Waals surface area (Å²) in [7, 11) is -0.531. The SMILES string of the molecule is CC1=Cc2c(-c3ccc(C(C)(C)C)cc3)cccc2C1C1=C(C)SC2C=c3sc(C)c([Si](C)C)c3=C12. The van der Waals surface area contributed by atoms with Crippen LogP contribution in [-0.4, -0.2) is 14.0 Å². The average molecular weight is 524 g/mol. The minimum atomic E-state index is -0.531. The van der Waals surface area contributed by atoms with E-state index in [1.165, 1.54) is 47.7 Å². The Morgan fingerprint density at radius 2 is 1.61 bits per heavy atom. The number of aryl methyl sites for hydroxylation is 1. The summed E-state index contributed by atoms with van der Waals surface area (Å²) >= 11 is 4.10. The molecule has 6 rings (SSSR count). The molecule has 3 aliphatic rings. The maximum atomic E-state index is 2.56. The molecule has 1 aromatic heterocycles. The van der Waals surface area contributed by atoms with E-state index in [-0.39, 0.29) is 5.41 Å². The molecule has 3 heteroatoms. The lowest BCUT2D eigenvalue weighted by Gasteiger charge is -2.21. The Balaban J connectivity index is 1.50. The molecule has 2 aromatic carbocycles. The molecule has 0 fully saturated rings. The van der Waals surface area contributed by atoms with E-state index in [4.69, 9.17) is 0 Å². The zero-order valence-electron chi connectivity index (χ0n) is 22.7. The Kier molecular flexibility index (Phi) is 5.72. The van der Waals surface area contributed by atoms with E-state index in [9.17, 15) is 0 Å². The zero-order chi connectivity index (χ0) is 25.5. The molecule has 0 N–H and O–H groups in total. The van der Waals surface area contributed by atoms with Crippen LogP contribution in [0.3, 0.4) is 0 Å². The van der Waals surface area contributed by atoms with Gasteiger partial charge in [-0.3, -0.25) is 0 Å². The molecule has 0 saturated heterocycles. The smallest absolute Gasteiger partial charge is 0.0814 e. The van der Waals surface area contributed by atoms with Crippen LogP contribution in [0.1, 0.15) is 62.1 Å². The monoisotopic (exact) mass is 523 g/mol. The van der Waals surface area contributed by atoms with Crippen LogP contribution in [0.25, 0.3) is 28.9 Å². The molecule has 36 heavy (non-hydrogen) atoms. The van der Waals surface area contributed by atoms with Crippen LogP contribution in [0, 0.1) is 6.92 Å². The predicted molar refractivity (Wildman–Crippen MR) is 164 cm³/mol. The maximum Gasteiger partial charge on any atom is 0.0814 e. The van der Waals surface area contributed by atoms with Gasteiger partial charge < -0.3 is 0 Å². The van der Waals surface area contributed by atoms with E-state index in [1.807, 2.05) is 11.3 Å². The van der Waals surface area contributed by atoms with E-state index in [0.717, 1.165) is 0 Å². The minimum absolute atomic E-state index is 0.171. The van der Waals surface area contributed by atoms with Gasteiger partial charge >= 0.3 is 0 Å². The summed E-state index contributed by atoms with van der Waals surface area (Å²) < 4.78 is 1.53. The summed E-state index contributed by atoms with van der Waals surface area (Å²) in [6, 6.07) is 16.2. The fourth-order valence-corrected chi connectivity index (χ4v) is 11.2. The molecule has 1 aliphatic heterocycles. The van der Waals surface area contributed by atoms with Crippen molar-refractivity contribution >= 4 is 54.8 Å². The van der Waals surface area contributed by atoms with Crippen molar-refractivity contribution in [2.75, 3.05) is 0 Å². The molecule has 1 radical (unpaired) electrons. The minimum Gasteiger partial charge on any atom is -0.141 e. The first kappa shape index (κ1) is 24.3. The third-order valence-electron chi connectivity index (χ3n) is 8.07. The number of rotatable bonds is 3. The number of fused-ring (bicyclic) bond motifs is 3. The quantitative estimate of drug-likeness (QED) is 0.320. The highest BCUT2D eigenvalue weighted by molar-refractivity contribution is 8.04. The molecule has 0 saturated carbocycles. The summed E-state index contributed by atoms with van der Waals surface area (Å²) in [6.45, 7) is 18.8. The summed E-state index contributed by atoms with van der Waals surface area (Å²) in [4.78, 5) is 3.05. The average Bonchev–Trinajstić information content (AvgIpc) is 3.49. The normalized spacial score (nSPS) is 20.6. The van der Waals surface area contributed by atoms with Crippen molar-refractivity contribution in [3.63, 3.8) is 0 Å². The lowest BCUT2D eigenvalue weighted by molar-refractivity contribution is 0.590. The number of thiophene rings is 1. The lowest BCUT2D eigenvalue weighted by atomic mass is 9.82. The van der Waals surface area contributed by atoms with Crippen molar-refractivity contribution in [1.82, 2.24) is 0 Å². The van der Waals surface area contributed by atoms with Gasteiger partial charge in [-0.2, -0.15) is 0 Å². The Labute approximate surface area is 226 Å². The predicted octanol–water partition coefficient (Wildman–Crippen LogP) is 7.52. The number of hydrogen-bond donors (Lipinski definition) is 0. The fourth-order valence-electron chi connectivity index (χ4n) is 6.44.